The molecular weight excluding hydrogens is 288 g/mol. The van der Waals surface area contributed by atoms with Gasteiger partial charge in [-0.3, -0.25) is 9.59 Å². The molecule has 124 valence electrons. The van der Waals surface area contributed by atoms with Gasteiger partial charge >= 0.3 is 0 Å². The third kappa shape index (κ3) is 2.52. The highest BCUT2D eigenvalue weighted by Gasteiger charge is 2.53. The Labute approximate surface area is 137 Å². The van der Waals surface area contributed by atoms with E-state index in [1.807, 2.05) is 0 Å². The molecule has 4 aliphatic carbocycles. The fourth-order valence-electron chi connectivity index (χ4n) is 5.86. The summed E-state index contributed by atoms with van der Waals surface area (Å²) in [5, 5.41) is 3.22. The lowest BCUT2D eigenvalue weighted by molar-refractivity contribution is -0.0688. The highest BCUT2D eigenvalue weighted by Crippen LogP contribution is 2.61. The number of Topliss-reactive ketones (excluding diaryl/α,β-unsaturated/α-hetero) is 1. The zero-order valence-corrected chi connectivity index (χ0v) is 14.0. The number of ketones is 1. The van der Waals surface area contributed by atoms with E-state index >= 15 is 0 Å². The molecule has 4 saturated carbocycles. The van der Waals surface area contributed by atoms with Crippen molar-refractivity contribution < 1.29 is 9.59 Å². The number of carbonyl (C=O) groups excluding carboxylic acids is 2. The van der Waals surface area contributed by atoms with Gasteiger partial charge < -0.3 is 10.3 Å². The van der Waals surface area contributed by atoms with Crippen molar-refractivity contribution in [2.24, 2.45) is 23.2 Å². The van der Waals surface area contributed by atoms with E-state index in [1.54, 1.807) is 12.3 Å². The van der Waals surface area contributed by atoms with Gasteiger partial charge in [0, 0.05) is 17.8 Å². The summed E-state index contributed by atoms with van der Waals surface area (Å²) < 4.78 is 0. The highest BCUT2D eigenvalue weighted by molar-refractivity contribution is 5.99. The van der Waals surface area contributed by atoms with E-state index in [9.17, 15) is 9.59 Å². The van der Waals surface area contributed by atoms with Crippen molar-refractivity contribution in [1.29, 1.82) is 0 Å². The summed E-state index contributed by atoms with van der Waals surface area (Å²) in [7, 11) is 0. The van der Waals surface area contributed by atoms with E-state index in [0.29, 0.717) is 16.7 Å². The SMILES string of the molecule is CC(=O)c1c[nH]c(C(=O)NC(C)C23CC4CC(CC(C4)C2)C3)c1. The standard InChI is InChI=1S/C19H26N2O2/c1-11(22)16-6-17(20-10-16)18(23)21-12(2)19-7-13-3-14(8-19)5-15(4-13)9-19/h6,10,12-15,20H,3-5,7-9H2,1-2H3,(H,21,23). The van der Waals surface area contributed by atoms with Crippen LogP contribution in [0.5, 0.6) is 0 Å². The Balaban J connectivity index is 1.48. The average molecular weight is 314 g/mol. The largest absolute Gasteiger partial charge is 0.356 e. The third-order valence-electron chi connectivity index (χ3n) is 6.69. The number of aromatic amines is 1. The zero-order chi connectivity index (χ0) is 16.2. The van der Waals surface area contributed by atoms with Crippen molar-refractivity contribution in [2.45, 2.75) is 58.4 Å². The van der Waals surface area contributed by atoms with Crippen LogP contribution in [0.1, 0.15) is 73.2 Å². The normalized spacial score (nSPS) is 36.0. The van der Waals surface area contributed by atoms with Crippen LogP contribution in [0, 0.1) is 23.2 Å². The van der Waals surface area contributed by atoms with E-state index in [1.165, 1.54) is 45.4 Å². The third-order valence-corrected chi connectivity index (χ3v) is 6.69. The number of amides is 1. The number of H-pyrrole nitrogens is 1. The molecular formula is C19H26N2O2. The molecule has 0 aliphatic heterocycles. The van der Waals surface area contributed by atoms with Crippen LogP contribution in [0.15, 0.2) is 12.3 Å². The van der Waals surface area contributed by atoms with Crippen molar-refractivity contribution in [3.05, 3.63) is 23.5 Å². The molecule has 0 saturated heterocycles. The van der Waals surface area contributed by atoms with E-state index in [4.69, 9.17) is 0 Å². The van der Waals surface area contributed by atoms with Gasteiger partial charge in [0.25, 0.3) is 5.91 Å². The molecule has 1 aromatic heterocycles. The van der Waals surface area contributed by atoms with Gasteiger partial charge in [0.2, 0.25) is 0 Å². The lowest BCUT2D eigenvalue weighted by Gasteiger charge is -2.59. The first kappa shape index (κ1) is 15.0. The molecule has 1 atom stereocenters. The Bertz CT molecular complexity index is 610. The molecule has 1 amide bonds. The van der Waals surface area contributed by atoms with Crippen LogP contribution in [0.25, 0.3) is 0 Å². The van der Waals surface area contributed by atoms with Crippen LogP contribution in [0.4, 0.5) is 0 Å². The number of carbonyl (C=O) groups is 2. The van der Waals surface area contributed by atoms with Crippen LogP contribution >= 0.6 is 0 Å². The Morgan fingerprint density at radius 2 is 1.74 bits per heavy atom. The summed E-state index contributed by atoms with van der Waals surface area (Å²) in [5.41, 5.74) is 1.37. The van der Waals surface area contributed by atoms with Crippen molar-refractivity contribution in [2.75, 3.05) is 0 Å². The molecule has 4 heteroatoms. The van der Waals surface area contributed by atoms with Gasteiger partial charge in [-0.1, -0.05) is 0 Å². The van der Waals surface area contributed by atoms with Gasteiger partial charge in [0.15, 0.2) is 5.78 Å². The molecule has 4 bridgehead atoms. The van der Waals surface area contributed by atoms with Crippen LogP contribution in [-0.4, -0.2) is 22.7 Å². The maximum Gasteiger partial charge on any atom is 0.267 e. The molecule has 1 heterocycles. The monoisotopic (exact) mass is 314 g/mol. The lowest BCUT2D eigenvalue weighted by Crippen LogP contribution is -2.55. The van der Waals surface area contributed by atoms with Crippen LogP contribution in [0.3, 0.4) is 0 Å². The molecule has 4 nitrogen and oxygen atoms in total. The second-order valence-corrected chi connectivity index (χ2v) is 8.33. The Morgan fingerprint density at radius 1 is 1.17 bits per heavy atom. The van der Waals surface area contributed by atoms with E-state index in [2.05, 4.69) is 17.2 Å². The highest BCUT2D eigenvalue weighted by atomic mass is 16.2. The van der Waals surface area contributed by atoms with Gasteiger partial charge in [-0.25, -0.2) is 0 Å². The Kier molecular flexibility index (Phi) is 3.40. The van der Waals surface area contributed by atoms with Crippen molar-refractivity contribution in [1.82, 2.24) is 10.3 Å². The molecule has 1 aromatic rings. The predicted octanol–water partition coefficient (Wildman–Crippen LogP) is 3.55. The maximum atomic E-state index is 12.5. The smallest absolute Gasteiger partial charge is 0.267 e. The van der Waals surface area contributed by atoms with Gasteiger partial charge in [-0.15, -0.1) is 0 Å². The Hall–Kier alpha value is -1.58. The van der Waals surface area contributed by atoms with Crippen LogP contribution in [-0.2, 0) is 0 Å². The number of nitrogens with one attached hydrogen (secondary N) is 2. The van der Waals surface area contributed by atoms with Crippen molar-refractivity contribution in [3.8, 4) is 0 Å². The first-order chi connectivity index (χ1) is 10.9. The van der Waals surface area contributed by atoms with Gasteiger partial charge in [-0.05, 0) is 81.6 Å². The summed E-state index contributed by atoms with van der Waals surface area (Å²) >= 11 is 0. The zero-order valence-electron chi connectivity index (χ0n) is 14.0. The fourth-order valence-corrected chi connectivity index (χ4v) is 5.86. The summed E-state index contributed by atoms with van der Waals surface area (Å²) in [6.45, 7) is 3.70. The van der Waals surface area contributed by atoms with E-state index in [-0.39, 0.29) is 17.7 Å². The molecule has 5 rings (SSSR count). The summed E-state index contributed by atoms with van der Waals surface area (Å²) in [6.07, 6.45) is 9.71. The second kappa shape index (κ2) is 5.22. The molecule has 2 N–H and O–H groups in total. The number of aromatic nitrogens is 1. The molecule has 0 aromatic carbocycles. The molecule has 4 fully saturated rings. The topological polar surface area (TPSA) is 62.0 Å². The summed E-state index contributed by atoms with van der Waals surface area (Å²) in [5.74, 6) is 2.55. The maximum absolute atomic E-state index is 12.5. The number of rotatable bonds is 4. The first-order valence-electron chi connectivity index (χ1n) is 8.95. The van der Waals surface area contributed by atoms with E-state index in [0.717, 1.165) is 17.8 Å². The summed E-state index contributed by atoms with van der Waals surface area (Å²) in [4.78, 5) is 26.8. The molecule has 4 aliphatic rings. The minimum absolute atomic E-state index is 0.0190. The molecule has 0 radical (unpaired) electrons. The predicted molar refractivity (Wildman–Crippen MR) is 88.3 cm³/mol. The minimum Gasteiger partial charge on any atom is -0.356 e. The molecule has 1 unspecified atom stereocenters. The van der Waals surface area contributed by atoms with E-state index < -0.39 is 0 Å². The average Bonchev–Trinajstić information content (AvgIpc) is 2.95. The van der Waals surface area contributed by atoms with Crippen LogP contribution < -0.4 is 5.32 Å². The summed E-state index contributed by atoms with van der Waals surface area (Å²) in [6, 6.07) is 1.86. The molecule has 0 spiro atoms. The van der Waals surface area contributed by atoms with Crippen LogP contribution in [0.2, 0.25) is 0 Å². The Morgan fingerprint density at radius 3 is 2.22 bits per heavy atom. The quantitative estimate of drug-likeness (QED) is 0.835. The molecule has 23 heavy (non-hydrogen) atoms. The number of hydrogen-bond donors (Lipinski definition) is 2. The van der Waals surface area contributed by atoms with Crippen molar-refractivity contribution >= 4 is 11.7 Å². The van der Waals surface area contributed by atoms with Gasteiger partial charge in [-0.2, -0.15) is 0 Å². The first-order valence-corrected chi connectivity index (χ1v) is 8.95. The fraction of sp³-hybridized carbons (Fsp3) is 0.684. The van der Waals surface area contributed by atoms with Crippen molar-refractivity contribution in [3.63, 3.8) is 0 Å². The van der Waals surface area contributed by atoms with Gasteiger partial charge in [0.1, 0.15) is 5.69 Å². The second-order valence-electron chi connectivity index (χ2n) is 8.33. The minimum atomic E-state index is -0.0826. The number of hydrogen-bond acceptors (Lipinski definition) is 2. The lowest BCUT2D eigenvalue weighted by atomic mass is 9.48. The van der Waals surface area contributed by atoms with Gasteiger partial charge in [0.05, 0.1) is 0 Å².